The van der Waals surface area contributed by atoms with Gasteiger partial charge < -0.3 is 9.72 Å². The smallest absolute Gasteiger partial charge is 0.240 e. The Morgan fingerprint density at radius 3 is 2.52 bits per heavy atom. The van der Waals surface area contributed by atoms with Gasteiger partial charge in [-0.2, -0.15) is 0 Å². The maximum absolute atomic E-state index is 12.4. The molecule has 3 aromatic rings. The standard InChI is InChI=1S/C19H22N2O3S/c1-14(2)24-16-7-9-17(10-8-16)25(22,23)21-12-11-15-13-20-19-6-4-3-5-18(15)19/h3-10,13-14,20-21H,11-12H2,1-2H3. The van der Waals surface area contributed by atoms with Crippen molar-refractivity contribution in [3.05, 3.63) is 60.3 Å². The molecule has 0 radical (unpaired) electrons. The van der Waals surface area contributed by atoms with Crippen molar-refractivity contribution in [2.45, 2.75) is 31.3 Å². The molecule has 25 heavy (non-hydrogen) atoms. The molecule has 0 spiro atoms. The van der Waals surface area contributed by atoms with E-state index in [1.54, 1.807) is 24.3 Å². The predicted octanol–water partition coefficient (Wildman–Crippen LogP) is 3.48. The summed E-state index contributed by atoms with van der Waals surface area (Å²) in [6.07, 6.45) is 2.60. The van der Waals surface area contributed by atoms with Gasteiger partial charge in [0.1, 0.15) is 5.75 Å². The number of sulfonamides is 1. The third-order valence-corrected chi connectivity index (χ3v) is 5.34. The van der Waals surface area contributed by atoms with E-state index in [1.807, 2.05) is 44.3 Å². The molecule has 0 atom stereocenters. The van der Waals surface area contributed by atoms with E-state index < -0.39 is 10.0 Å². The van der Waals surface area contributed by atoms with Gasteiger partial charge in [-0.15, -0.1) is 0 Å². The number of benzene rings is 2. The van der Waals surface area contributed by atoms with Gasteiger partial charge in [0.25, 0.3) is 0 Å². The molecule has 0 aliphatic carbocycles. The topological polar surface area (TPSA) is 71.2 Å². The maximum atomic E-state index is 12.4. The summed E-state index contributed by atoms with van der Waals surface area (Å²) in [4.78, 5) is 3.44. The first-order chi connectivity index (χ1) is 12.0. The fraction of sp³-hybridized carbons (Fsp3) is 0.263. The Balaban J connectivity index is 1.63. The molecule has 1 heterocycles. The summed E-state index contributed by atoms with van der Waals surface area (Å²) in [6.45, 7) is 4.20. The van der Waals surface area contributed by atoms with Crippen molar-refractivity contribution in [2.24, 2.45) is 0 Å². The highest BCUT2D eigenvalue weighted by atomic mass is 32.2. The number of aromatic amines is 1. The number of H-pyrrole nitrogens is 1. The summed E-state index contributed by atoms with van der Waals surface area (Å²) >= 11 is 0. The zero-order valence-corrected chi connectivity index (χ0v) is 15.1. The van der Waals surface area contributed by atoms with E-state index in [1.165, 1.54) is 0 Å². The van der Waals surface area contributed by atoms with Gasteiger partial charge in [0.15, 0.2) is 0 Å². The Bertz CT molecular complexity index is 944. The van der Waals surface area contributed by atoms with Gasteiger partial charge in [0.2, 0.25) is 10.0 Å². The highest BCUT2D eigenvalue weighted by Gasteiger charge is 2.14. The third kappa shape index (κ3) is 4.21. The van der Waals surface area contributed by atoms with Crippen LogP contribution in [0.2, 0.25) is 0 Å². The lowest BCUT2D eigenvalue weighted by atomic mass is 10.1. The highest BCUT2D eigenvalue weighted by molar-refractivity contribution is 7.89. The summed E-state index contributed by atoms with van der Waals surface area (Å²) in [5, 5.41) is 1.12. The van der Waals surface area contributed by atoms with Gasteiger partial charge in [-0.1, -0.05) is 18.2 Å². The minimum absolute atomic E-state index is 0.0526. The molecule has 2 N–H and O–H groups in total. The van der Waals surface area contributed by atoms with E-state index >= 15 is 0 Å². The molecule has 0 fully saturated rings. The predicted molar refractivity (Wildman–Crippen MR) is 99.4 cm³/mol. The van der Waals surface area contributed by atoms with Crippen molar-refractivity contribution >= 4 is 20.9 Å². The van der Waals surface area contributed by atoms with E-state index in [-0.39, 0.29) is 11.0 Å². The molecule has 132 valence electrons. The monoisotopic (exact) mass is 358 g/mol. The van der Waals surface area contributed by atoms with Gasteiger partial charge in [0.05, 0.1) is 11.0 Å². The SMILES string of the molecule is CC(C)Oc1ccc(S(=O)(=O)NCCc2c[nH]c3ccccc23)cc1. The van der Waals surface area contributed by atoms with E-state index in [4.69, 9.17) is 4.74 Å². The lowest BCUT2D eigenvalue weighted by Gasteiger charge is -2.11. The van der Waals surface area contributed by atoms with Crippen molar-refractivity contribution in [3.63, 3.8) is 0 Å². The molecule has 6 heteroatoms. The van der Waals surface area contributed by atoms with E-state index in [2.05, 4.69) is 9.71 Å². The molecule has 3 rings (SSSR count). The number of fused-ring (bicyclic) bond motifs is 1. The van der Waals surface area contributed by atoms with Gasteiger partial charge in [0, 0.05) is 23.6 Å². The summed E-state index contributed by atoms with van der Waals surface area (Å²) in [6, 6.07) is 14.5. The van der Waals surface area contributed by atoms with Crippen LogP contribution < -0.4 is 9.46 Å². The molecular formula is C19H22N2O3S. The van der Waals surface area contributed by atoms with Gasteiger partial charge in [-0.05, 0) is 56.2 Å². The van der Waals surface area contributed by atoms with Crippen LogP contribution in [0.25, 0.3) is 10.9 Å². The fourth-order valence-electron chi connectivity index (χ4n) is 2.71. The number of rotatable bonds is 7. The van der Waals surface area contributed by atoms with Gasteiger partial charge >= 0.3 is 0 Å². The van der Waals surface area contributed by atoms with Crippen molar-refractivity contribution in [1.29, 1.82) is 0 Å². The van der Waals surface area contributed by atoms with Crippen LogP contribution in [0.1, 0.15) is 19.4 Å². The molecule has 2 aromatic carbocycles. The number of para-hydroxylation sites is 1. The molecular weight excluding hydrogens is 336 g/mol. The van der Waals surface area contributed by atoms with Crippen LogP contribution in [0.5, 0.6) is 5.75 Å². The van der Waals surface area contributed by atoms with E-state index in [0.29, 0.717) is 18.7 Å². The Kier molecular flexibility index (Phi) is 5.11. The quantitative estimate of drug-likeness (QED) is 0.679. The Morgan fingerprint density at radius 1 is 1.08 bits per heavy atom. The third-order valence-electron chi connectivity index (χ3n) is 3.87. The second-order valence-corrected chi connectivity index (χ2v) is 7.91. The molecule has 0 bridgehead atoms. The van der Waals surface area contributed by atoms with Gasteiger partial charge in [-0.25, -0.2) is 13.1 Å². The van der Waals surface area contributed by atoms with Crippen molar-refractivity contribution in [3.8, 4) is 5.75 Å². The zero-order valence-electron chi connectivity index (χ0n) is 14.3. The fourth-order valence-corrected chi connectivity index (χ4v) is 3.74. The zero-order chi connectivity index (χ0) is 17.9. The molecule has 0 aliphatic heterocycles. The molecule has 5 nitrogen and oxygen atoms in total. The Morgan fingerprint density at radius 2 is 1.80 bits per heavy atom. The van der Waals surface area contributed by atoms with Crippen molar-refractivity contribution < 1.29 is 13.2 Å². The molecule has 0 saturated heterocycles. The van der Waals surface area contributed by atoms with E-state index in [0.717, 1.165) is 16.5 Å². The number of nitrogens with one attached hydrogen (secondary N) is 2. The highest BCUT2D eigenvalue weighted by Crippen LogP contribution is 2.19. The van der Waals surface area contributed by atoms with Crippen molar-refractivity contribution in [2.75, 3.05) is 6.54 Å². The number of hydrogen-bond donors (Lipinski definition) is 2. The maximum Gasteiger partial charge on any atom is 0.240 e. The normalized spacial score (nSPS) is 12.0. The van der Waals surface area contributed by atoms with Crippen LogP contribution in [0.15, 0.2) is 59.6 Å². The molecule has 0 amide bonds. The summed E-state index contributed by atoms with van der Waals surface area (Å²) in [7, 11) is -3.53. The molecule has 0 unspecified atom stereocenters. The average Bonchev–Trinajstić information content (AvgIpc) is 2.98. The second-order valence-electron chi connectivity index (χ2n) is 6.15. The summed E-state index contributed by atoms with van der Waals surface area (Å²) in [5.41, 5.74) is 2.15. The van der Waals surface area contributed by atoms with Crippen LogP contribution in [0.4, 0.5) is 0 Å². The minimum Gasteiger partial charge on any atom is -0.491 e. The van der Waals surface area contributed by atoms with Crippen molar-refractivity contribution in [1.82, 2.24) is 9.71 Å². The van der Waals surface area contributed by atoms with Crippen LogP contribution in [0.3, 0.4) is 0 Å². The number of aromatic nitrogens is 1. The summed E-state index contributed by atoms with van der Waals surface area (Å²) < 4.78 is 33.0. The van der Waals surface area contributed by atoms with Crippen LogP contribution in [-0.4, -0.2) is 26.1 Å². The number of ether oxygens (including phenoxy) is 1. The molecule has 0 aliphatic rings. The van der Waals surface area contributed by atoms with Crippen LogP contribution in [0, 0.1) is 0 Å². The first kappa shape index (κ1) is 17.5. The second kappa shape index (κ2) is 7.29. The lowest BCUT2D eigenvalue weighted by Crippen LogP contribution is -2.25. The average molecular weight is 358 g/mol. The van der Waals surface area contributed by atoms with Crippen LogP contribution >= 0.6 is 0 Å². The minimum atomic E-state index is -3.53. The van der Waals surface area contributed by atoms with Gasteiger partial charge in [-0.3, -0.25) is 0 Å². The lowest BCUT2D eigenvalue weighted by molar-refractivity contribution is 0.242. The first-order valence-corrected chi connectivity index (χ1v) is 9.75. The Labute approximate surface area is 148 Å². The number of hydrogen-bond acceptors (Lipinski definition) is 3. The Hall–Kier alpha value is -2.31. The van der Waals surface area contributed by atoms with E-state index in [9.17, 15) is 8.42 Å². The largest absolute Gasteiger partial charge is 0.491 e. The first-order valence-electron chi connectivity index (χ1n) is 8.27. The summed E-state index contributed by atoms with van der Waals surface area (Å²) in [5.74, 6) is 0.660. The molecule has 0 saturated carbocycles. The van der Waals surface area contributed by atoms with Crippen LogP contribution in [-0.2, 0) is 16.4 Å². The molecule has 1 aromatic heterocycles.